The van der Waals surface area contributed by atoms with Crippen molar-refractivity contribution in [3.8, 4) is 17.0 Å². The summed E-state index contributed by atoms with van der Waals surface area (Å²) in [6.07, 6.45) is 2.39. The standard InChI is InChI=1S/C18H21ClN2O3S/c1-23-14-6-4-13(5-7-14)16-12-25-18(20-16)21(17(22)8-9-19)11-15-3-2-10-24-15/h4-7,12,15H,2-3,8-11H2,1H3/t15-/m0/s1. The fourth-order valence-corrected chi connectivity index (χ4v) is 3.80. The molecule has 134 valence electrons. The van der Waals surface area contributed by atoms with Gasteiger partial charge >= 0.3 is 0 Å². The maximum Gasteiger partial charge on any atom is 0.230 e. The minimum Gasteiger partial charge on any atom is -0.497 e. The van der Waals surface area contributed by atoms with Crippen molar-refractivity contribution >= 4 is 34.0 Å². The molecule has 1 amide bonds. The van der Waals surface area contributed by atoms with Crippen LogP contribution in [0.4, 0.5) is 5.13 Å². The van der Waals surface area contributed by atoms with E-state index in [4.69, 9.17) is 21.1 Å². The number of halogens is 1. The van der Waals surface area contributed by atoms with Crippen LogP contribution in [0.1, 0.15) is 19.3 Å². The quantitative estimate of drug-likeness (QED) is 0.682. The zero-order valence-corrected chi connectivity index (χ0v) is 15.7. The van der Waals surface area contributed by atoms with Gasteiger partial charge < -0.3 is 9.47 Å². The van der Waals surface area contributed by atoms with E-state index in [9.17, 15) is 4.79 Å². The highest BCUT2D eigenvalue weighted by Crippen LogP contribution is 2.30. The first kappa shape index (κ1) is 18.2. The molecule has 0 spiro atoms. The number of amides is 1. The molecule has 2 heterocycles. The molecular formula is C18H21ClN2O3S. The second-order valence-corrected chi connectivity index (χ2v) is 7.04. The Morgan fingerprint density at radius 1 is 1.44 bits per heavy atom. The van der Waals surface area contributed by atoms with Crippen molar-refractivity contribution in [1.29, 1.82) is 0 Å². The molecule has 2 aromatic rings. The second kappa shape index (κ2) is 8.65. The molecule has 3 rings (SSSR count). The lowest BCUT2D eigenvalue weighted by molar-refractivity contribution is -0.118. The van der Waals surface area contributed by atoms with E-state index >= 15 is 0 Å². The minimum absolute atomic E-state index is 0.0128. The van der Waals surface area contributed by atoms with Crippen LogP contribution >= 0.6 is 22.9 Å². The summed E-state index contributed by atoms with van der Waals surface area (Å²) < 4.78 is 10.9. The van der Waals surface area contributed by atoms with Crippen LogP contribution in [-0.4, -0.2) is 43.1 Å². The minimum atomic E-state index is -0.0128. The van der Waals surface area contributed by atoms with E-state index < -0.39 is 0 Å². The first-order valence-corrected chi connectivity index (χ1v) is 9.70. The van der Waals surface area contributed by atoms with E-state index in [-0.39, 0.29) is 12.0 Å². The molecule has 1 aromatic carbocycles. The van der Waals surface area contributed by atoms with Gasteiger partial charge in [-0.05, 0) is 37.1 Å². The SMILES string of the molecule is COc1ccc(-c2csc(N(C[C@@H]3CCCO3)C(=O)CCCl)n2)cc1. The van der Waals surface area contributed by atoms with E-state index in [1.54, 1.807) is 12.0 Å². The average Bonchev–Trinajstić information content (AvgIpc) is 3.32. The number of aromatic nitrogens is 1. The van der Waals surface area contributed by atoms with Crippen LogP contribution in [0.2, 0.25) is 0 Å². The Balaban J connectivity index is 1.80. The van der Waals surface area contributed by atoms with Crippen molar-refractivity contribution < 1.29 is 14.3 Å². The Morgan fingerprint density at radius 2 is 2.24 bits per heavy atom. The van der Waals surface area contributed by atoms with E-state index in [1.165, 1.54) is 11.3 Å². The number of nitrogens with zero attached hydrogens (tertiary/aromatic N) is 2. The largest absolute Gasteiger partial charge is 0.497 e. The molecule has 0 unspecified atom stereocenters. The number of rotatable bonds is 7. The molecule has 1 fully saturated rings. The van der Waals surface area contributed by atoms with Gasteiger partial charge in [0.05, 0.1) is 25.5 Å². The summed E-state index contributed by atoms with van der Waals surface area (Å²) in [7, 11) is 1.64. The molecule has 1 aromatic heterocycles. The maximum atomic E-state index is 12.5. The zero-order valence-electron chi connectivity index (χ0n) is 14.1. The van der Waals surface area contributed by atoms with Gasteiger partial charge in [0.1, 0.15) is 5.75 Å². The molecule has 0 N–H and O–H groups in total. The number of carbonyl (C=O) groups is 1. The van der Waals surface area contributed by atoms with E-state index in [0.717, 1.165) is 36.5 Å². The monoisotopic (exact) mass is 380 g/mol. The number of benzene rings is 1. The Kier molecular flexibility index (Phi) is 6.29. The number of anilines is 1. The third kappa shape index (κ3) is 4.51. The molecule has 1 aliphatic heterocycles. The molecule has 1 aliphatic rings. The predicted molar refractivity (Wildman–Crippen MR) is 101 cm³/mol. The first-order chi connectivity index (χ1) is 12.2. The van der Waals surface area contributed by atoms with Crippen molar-refractivity contribution in [2.75, 3.05) is 31.0 Å². The van der Waals surface area contributed by atoms with Gasteiger partial charge in [0.2, 0.25) is 5.91 Å². The van der Waals surface area contributed by atoms with Crippen LogP contribution < -0.4 is 9.64 Å². The van der Waals surface area contributed by atoms with Gasteiger partial charge in [-0.1, -0.05) is 0 Å². The van der Waals surface area contributed by atoms with Gasteiger partial charge in [0.25, 0.3) is 0 Å². The van der Waals surface area contributed by atoms with Gasteiger partial charge in [-0.25, -0.2) is 4.98 Å². The summed E-state index contributed by atoms with van der Waals surface area (Å²) in [4.78, 5) is 18.9. The molecule has 1 saturated heterocycles. The summed E-state index contributed by atoms with van der Waals surface area (Å²) in [5.74, 6) is 1.09. The van der Waals surface area contributed by atoms with Crippen molar-refractivity contribution in [2.45, 2.75) is 25.4 Å². The summed E-state index contributed by atoms with van der Waals surface area (Å²) in [6.45, 7) is 1.29. The van der Waals surface area contributed by atoms with Crippen LogP contribution in [0.3, 0.4) is 0 Å². The normalized spacial score (nSPS) is 16.8. The third-order valence-corrected chi connectivity index (χ3v) is 5.18. The summed E-state index contributed by atoms with van der Waals surface area (Å²) in [5.41, 5.74) is 1.84. The number of hydrogen-bond acceptors (Lipinski definition) is 5. The number of carbonyl (C=O) groups excluding carboxylic acids is 1. The van der Waals surface area contributed by atoms with Crippen LogP contribution in [0.25, 0.3) is 11.3 Å². The highest BCUT2D eigenvalue weighted by Gasteiger charge is 2.25. The molecule has 1 atom stereocenters. The molecule has 0 radical (unpaired) electrons. The van der Waals surface area contributed by atoms with Gasteiger partial charge in [0.15, 0.2) is 5.13 Å². The predicted octanol–water partition coefficient (Wildman–Crippen LogP) is 3.96. The number of ether oxygens (including phenoxy) is 2. The smallest absolute Gasteiger partial charge is 0.230 e. The third-order valence-electron chi connectivity index (χ3n) is 4.13. The molecule has 5 nitrogen and oxygen atoms in total. The van der Waals surface area contributed by atoms with Gasteiger partial charge in [-0.15, -0.1) is 22.9 Å². The average molecular weight is 381 g/mol. The van der Waals surface area contributed by atoms with Crippen LogP contribution in [0.15, 0.2) is 29.6 Å². The van der Waals surface area contributed by atoms with E-state index in [1.807, 2.05) is 29.6 Å². The number of methoxy groups -OCH3 is 1. The lowest BCUT2D eigenvalue weighted by Crippen LogP contribution is -2.37. The molecular weight excluding hydrogens is 360 g/mol. The molecule has 25 heavy (non-hydrogen) atoms. The van der Waals surface area contributed by atoms with Crippen molar-refractivity contribution in [3.05, 3.63) is 29.6 Å². The van der Waals surface area contributed by atoms with Crippen molar-refractivity contribution in [2.24, 2.45) is 0 Å². The van der Waals surface area contributed by atoms with Crippen molar-refractivity contribution in [1.82, 2.24) is 4.98 Å². The summed E-state index contributed by atoms with van der Waals surface area (Å²) in [5, 5.41) is 2.66. The molecule has 7 heteroatoms. The molecule has 0 aliphatic carbocycles. The van der Waals surface area contributed by atoms with Gasteiger partial charge in [-0.2, -0.15) is 0 Å². The van der Waals surface area contributed by atoms with E-state index in [2.05, 4.69) is 4.98 Å². The molecule has 0 bridgehead atoms. The van der Waals surface area contributed by atoms with Crippen LogP contribution in [0, 0.1) is 0 Å². The Hall–Kier alpha value is -1.63. The van der Waals surface area contributed by atoms with Crippen molar-refractivity contribution in [3.63, 3.8) is 0 Å². The first-order valence-electron chi connectivity index (χ1n) is 8.29. The number of thiazole rings is 1. The van der Waals surface area contributed by atoms with Crippen LogP contribution in [0.5, 0.6) is 5.75 Å². The lowest BCUT2D eigenvalue weighted by Gasteiger charge is -2.22. The Bertz CT molecular complexity index is 699. The topological polar surface area (TPSA) is 51.7 Å². The highest BCUT2D eigenvalue weighted by atomic mass is 35.5. The lowest BCUT2D eigenvalue weighted by atomic mass is 10.2. The number of hydrogen-bond donors (Lipinski definition) is 0. The van der Waals surface area contributed by atoms with E-state index in [0.29, 0.717) is 24.0 Å². The highest BCUT2D eigenvalue weighted by molar-refractivity contribution is 7.14. The Morgan fingerprint density at radius 3 is 2.88 bits per heavy atom. The van der Waals surface area contributed by atoms with Gasteiger partial charge in [0, 0.05) is 29.9 Å². The summed E-state index contributed by atoms with van der Waals surface area (Å²) in [6, 6.07) is 7.72. The molecule has 0 saturated carbocycles. The summed E-state index contributed by atoms with van der Waals surface area (Å²) >= 11 is 7.23. The van der Waals surface area contributed by atoms with Crippen LogP contribution in [-0.2, 0) is 9.53 Å². The fourth-order valence-electron chi connectivity index (χ4n) is 2.78. The maximum absolute atomic E-state index is 12.5. The number of alkyl halides is 1. The Labute approximate surface area is 156 Å². The van der Waals surface area contributed by atoms with Gasteiger partial charge in [-0.3, -0.25) is 9.69 Å². The second-order valence-electron chi connectivity index (χ2n) is 5.82. The fraction of sp³-hybridized carbons (Fsp3) is 0.444. The zero-order chi connectivity index (χ0) is 17.6.